The number of unbranched alkanes of at least 4 members (excludes halogenated alkanes) is 1. The molecule has 0 saturated heterocycles. The van der Waals surface area contributed by atoms with Gasteiger partial charge in [-0.3, -0.25) is 0 Å². The van der Waals surface area contributed by atoms with Gasteiger partial charge in [-0.25, -0.2) is 0 Å². The second-order valence-corrected chi connectivity index (χ2v) is 3.71. The van der Waals surface area contributed by atoms with Gasteiger partial charge in [-0.2, -0.15) is 0 Å². The van der Waals surface area contributed by atoms with Crippen molar-refractivity contribution in [1.29, 1.82) is 0 Å². The first-order valence-electron chi connectivity index (χ1n) is 4.92. The summed E-state index contributed by atoms with van der Waals surface area (Å²) < 4.78 is 5.29. The first-order chi connectivity index (χ1) is 5.66. The quantitative estimate of drug-likeness (QED) is 0.600. The van der Waals surface area contributed by atoms with Crippen LogP contribution >= 0.6 is 0 Å². The molecule has 0 heterocycles. The van der Waals surface area contributed by atoms with Crippen LogP contribution in [0.2, 0.25) is 0 Å². The van der Waals surface area contributed by atoms with Crippen molar-refractivity contribution in [2.45, 2.75) is 46.1 Å². The molecule has 2 nitrogen and oxygen atoms in total. The lowest BCUT2D eigenvalue weighted by Gasteiger charge is -2.12. The maximum atomic E-state index is 9.39. The molecule has 0 fully saturated rings. The third-order valence-corrected chi connectivity index (χ3v) is 1.70. The van der Waals surface area contributed by atoms with Gasteiger partial charge in [0, 0.05) is 6.61 Å². The molecule has 0 aromatic heterocycles. The summed E-state index contributed by atoms with van der Waals surface area (Å²) in [6, 6.07) is 0. The van der Waals surface area contributed by atoms with Crippen molar-refractivity contribution in [3.63, 3.8) is 0 Å². The highest BCUT2D eigenvalue weighted by Gasteiger charge is 2.05. The van der Waals surface area contributed by atoms with Crippen LogP contribution in [0.25, 0.3) is 0 Å². The summed E-state index contributed by atoms with van der Waals surface area (Å²) >= 11 is 0. The van der Waals surface area contributed by atoms with E-state index in [1.807, 2.05) is 0 Å². The van der Waals surface area contributed by atoms with Crippen molar-refractivity contribution in [2.24, 2.45) is 5.92 Å². The van der Waals surface area contributed by atoms with Gasteiger partial charge >= 0.3 is 0 Å². The summed E-state index contributed by atoms with van der Waals surface area (Å²) in [6.45, 7) is 7.63. The number of hydrogen-bond donors (Lipinski definition) is 1. The fourth-order valence-corrected chi connectivity index (χ4v) is 1.08. The molecule has 0 rings (SSSR count). The van der Waals surface area contributed by atoms with Crippen molar-refractivity contribution >= 4 is 0 Å². The van der Waals surface area contributed by atoms with E-state index in [1.165, 1.54) is 0 Å². The van der Waals surface area contributed by atoms with Crippen molar-refractivity contribution < 1.29 is 9.84 Å². The molecule has 1 unspecified atom stereocenters. The van der Waals surface area contributed by atoms with Gasteiger partial charge in [-0.15, -0.1) is 0 Å². The molecule has 74 valence electrons. The highest BCUT2D eigenvalue weighted by atomic mass is 16.5. The lowest BCUT2D eigenvalue weighted by molar-refractivity contribution is 0.0255. The molecule has 0 aromatic carbocycles. The number of aliphatic hydroxyl groups is 1. The van der Waals surface area contributed by atoms with Gasteiger partial charge in [0.2, 0.25) is 0 Å². The average Bonchev–Trinajstić information content (AvgIpc) is 1.97. The zero-order chi connectivity index (χ0) is 9.40. The molecule has 2 heteroatoms. The Kier molecular flexibility index (Phi) is 7.51. The number of aliphatic hydroxyl groups excluding tert-OH is 1. The predicted octanol–water partition coefficient (Wildman–Crippen LogP) is 2.21. The molecule has 0 amide bonds. The topological polar surface area (TPSA) is 29.5 Å². The average molecular weight is 174 g/mol. The van der Waals surface area contributed by atoms with Gasteiger partial charge in [0.1, 0.15) is 0 Å². The molecule has 1 N–H and O–H groups in total. The molecular formula is C10H22O2. The summed E-state index contributed by atoms with van der Waals surface area (Å²) in [5.41, 5.74) is 0. The normalized spacial score (nSPS) is 13.8. The van der Waals surface area contributed by atoms with Crippen LogP contribution in [0.3, 0.4) is 0 Å². The summed E-state index contributed by atoms with van der Waals surface area (Å²) in [5.74, 6) is 0.551. The molecule has 0 aliphatic heterocycles. The van der Waals surface area contributed by atoms with Gasteiger partial charge in [-0.05, 0) is 18.8 Å². The largest absolute Gasteiger partial charge is 0.391 e. The molecule has 1 atom stereocenters. The summed E-state index contributed by atoms with van der Waals surface area (Å²) in [4.78, 5) is 0. The fourth-order valence-electron chi connectivity index (χ4n) is 1.08. The molecular weight excluding hydrogens is 152 g/mol. The van der Waals surface area contributed by atoms with E-state index in [1.54, 1.807) is 0 Å². The standard InChI is InChI=1S/C10H22O2/c1-4-5-6-12-8-10(11)7-9(2)3/h9-11H,4-8H2,1-3H3. The Morgan fingerprint density at radius 3 is 2.50 bits per heavy atom. The van der Waals surface area contributed by atoms with Crippen LogP contribution < -0.4 is 0 Å². The zero-order valence-electron chi connectivity index (χ0n) is 8.55. The van der Waals surface area contributed by atoms with Gasteiger partial charge in [0.05, 0.1) is 12.7 Å². The predicted molar refractivity (Wildman–Crippen MR) is 51.2 cm³/mol. The number of rotatable bonds is 7. The minimum absolute atomic E-state index is 0.276. The van der Waals surface area contributed by atoms with Crippen LogP contribution in [0.5, 0.6) is 0 Å². The van der Waals surface area contributed by atoms with Crippen LogP contribution in [0.1, 0.15) is 40.0 Å². The molecule has 0 spiro atoms. The highest BCUT2D eigenvalue weighted by molar-refractivity contribution is 4.56. The fraction of sp³-hybridized carbons (Fsp3) is 1.00. The molecule has 0 aromatic rings. The van der Waals surface area contributed by atoms with Crippen LogP contribution in [-0.2, 0) is 4.74 Å². The van der Waals surface area contributed by atoms with Crippen molar-refractivity contribution in [3.05, 3.63) is 0 Å². The van der Waals surface area contributed by atoms with Crippen molar-refractivity contribution in [1.82, 2.24) is 0 Å². The minimum atomic E-state index is -0.276. The maximum Gasteiger partial charge on any atom is 0.0776 e. The van der Waals surface area contributed by atoms with Gasteiger partial charge in [-0.1, -0.05) is 27.2 Å². The third kappa shape index (κ3) is 8.02. The van der Waals surface area contributed by atoms with E-state index in [2.05, 4.69) is 20.8 Å². The Morgan fingerprint density at radius 2 is 2.00 bits per heavy atom. The highest BCUT2D eigenvalue weighted by Crippen LogP contribution is 2.04. The molecule has 12 heavy (non-hydrogen) atoms. The Balaban J connectivity index is 3.14. The van der Waals surface area contributed by atoms with E-state index in [0.717, 1.165) is 25.9 Å². The molecule has 0 saturated carbocycles. The Labute approximate surface area is 75.9 Å². The van der Waals surface area contributed by atoms with E-state index < -0.39 is 0 Å². The lowest BCUT2D eigenvalue weighted by Crippen LogP contribution is -2.17. The van der Waals surface area contributed by atoms with Gasteiger partial charge < -0.3 is 9.84 Å². The summed E-state index contributed by atoms with van der Waals surface area (Å²) in [7, 11) is 0. The molecule has 0 bridgehead atoms. The van der Waals surface area contributed by atoms with E-state index in [9.17, 15) is 5.11 Å². The Hall–Kier alpha value is -0.0800. The number of ether oxygens (including phenoxy) is 1. The van der Waals surface area contributed by atoms with Crippen molar-refractivity contribution in [2.75, 3.05) is 13.2 Å². The maximum absolute atomic E-state index is 9.39. The first kappa shape index (κ1) is 11.9. The molecule has 0 aliphatic carbocycles. The van der Waals surface area contributed by atoms with Gasteiger partial charge in [0.15, 0.2) is 0 Å². The minimum Gasteiger partial charge on any atom is -0.391 e. The van der Waals surface area contributed by atoms with Gasteiger partial charge in [0.25, 0.3) is 0 Å². The van der Waals surface area contributed by atoms with Crippen LogP contribution in [0.15, 0.2) is 0 Å². The molecule has 0 radical (unpaired) electrons. The van der Waals surface area contributed by atoms with E-state index in [4.69, 9.17) is 4.74 Å². The SMILES string of the molecule is CCCCOCC(O)CC(C)C. The molecule has 0 aliphatic rings. The van der Waals surface area contributed by atoms with E-state index >= 15 is 0 Å². The second-order valence-electron chi connectivity index (χ2n) is 3.71. The van der Waals surface area contributed by atoms with Crippen molar-refractivity contribution in [3.8, 4) is 0 Å². The van der Waals surface area contributed by atoms with Crippen LogP contribution in [0.4, 0.5) is 0 Å². The summed E-state index contributed by atoms with van der Waals surface area (Å²) in [5, 5.41) is 9.39. The zero-order valence-corrected chi connectivity index (χ0v) is 8.55. The summed E-state index contributed by atoms with van der Waals surface area (Å²) in [6.07, 6.45) is 2.81. The lowest BCUT2D eigenvalue weighted by atomic mass is 10.1. The second kappa shape index (κ2) is 7.56. The first-order valence-corrected chi connectivity index (χ1v) is 4.92. The smallest absolute Gasteiger partial charge is 0.0776 e. The van der Waals surface area contributed by atoms with Crippen LogP contribution in [-0.4, -0.2) is 24.4 Å². The van der Waals surface area contributed by atoms with Crippen LogP contribution in [0, 0.1) is 5.92 Å². The van der Waals surface area contributed by atoms with E-state index in [0.29, 0.717) is 12.5 Å². The Morgan fingerprint density at radius 1 is 1.33 bits per heavy atom. The number of hydrogen-bond acceptors (Lipinski definition) is 2. The third-order valence-electron chi connectivity index (χ3n) is 1.70. The monoisotopic (exact) mass is 174 g/mol. The Bertz CT molecular complexity index is 91.8. The van der Waals surface area contributed by atoms with E-state index in [-0.39, 0.29) is 6.10 Å².